The van der Waals surface area contributed by atoms with Gasteiger partial charge in [-0.2, -0.15) is 0 Å². The Labute approximate surface area is 176 Å². The highest BCUT2D eigenvalue weighted by molar-refractivity contribution is 6.46. The summed E-state index contributed by atoms with van der Waals surface area (Å²) in [4.78, 5) is 26.5. The number of hydrogen-bond acceptors (Lipinski definition) is 5. The standard InChI is InChI=1S/C22H20F3NO5/c1-12-3-5-15(6-4-12)19(28)17-18(26(11-13(2)27)21(30)20(17)29)14-7-9-16(10-8-14)31-22(23,24)25/h3-10,13,18,27-28H,11H2,1-2H3/b19-17+. The van der Waals surface area contributed by atoms with Crippen LogP contribution in [-0.2, 0) is 9.59 Å². The number of ketones is 1. The van der Waals surface area contributed by atoms with E-state index in [4.69, 9.17) is 0 Å². The summed E-state index contributed by atoms with van der Waals surface area (Å²) < 4.78 is 41.2. The van der Waals surface area contributed by atoms with Crippen LogP contribution in [0.3, 0.4) is 0 Å². The fourth-order valence-corrected chi connectivity index (χ4v) is 3.42. The fraction of sp³-hybridized carbons (Fsp3) is 0.273. The van der Waals surface area contributed by atoms with E-state index in [1.165, 1.54) is 19.1 Å². The smallest absolute Gasteiger partial charge is 0.507 e. The van der Waals surface area contributed by atoms with Gasteiger partial charge in [0.15, 0.2) is 0 Å². The largest absolute Gasteiger partial charge is 0.573 e. The Morgan fingerprint density at radius 1 is 1.10 bits per heavy atom. The van der Waals surface area contributed by atoms with Gasteiger partial charge in [0, 0.05) is 12.1 Å². The van der Waals surface area contributed by atoms with E-state index in [0.29, 0.717) is 5.56 Å². The maximum Gasteiger partial charge on any atom is 0.573 e. The molecule has 0 bridgehead atoms. The predicted octanol–water partition coefficient (Wildman–Crippen LogP) is 3.70. The lowest BCUT2D eigenvalue weighted by Gasteiger charge is -2.26. The number of carbonyl (C=O) groups excluding carboxylic acids is 2. The molecule has 6 nitrogen and oxygen atoms in total. The topological polar surface area (TPSA) is 87.1 Å². The van der Waals surface area contributed by atoms with Crippen molar-refractivity contribution in [3.8, 4) is 5.75 Å². The van der Waals surface area contributed by atoms with Crippen molar-refractivity contribution in [3.05, 3.63) is 70.8 Å². The number of hydrogen-bond donors (Lipinski definition) is 2. The van der Waals surface area contributed by atoms with Crippen LogP contribution in [0.5, 0.6) is 5.75 Å². The minimum Gasteiger partial charge on any atom is -0.507 e. The average Bonchev–Trinajstić information content (AvgIpc) is 2.92. The molecule has 0 aromatic heterocycles. The highest BCUT2D eigenvalue weighted by Crippen LogP contribution is 2.40. The number of rotatable bonds is 5. The van der Waals surface area contributed by atoms with E-state index in [0.717, 1.165) is 22.6 Å². The van der Waals surface area contributed by atoms with Crippen molar-refractivity contribution >= 4 is 17.4 Å². The van der Waals surface area contributed by atoms with Crippen molar-refractivity contribution in [2.24, 2.45) is 0 Å². The van der Waals surface area contributed by atoms with Gasteiger partial charge in [-0.3, -0.25) is 9.59 Å². The van der Waals surface area contributed by atoms with Crippen molar-refractivity contribution in [1.29, 1.82) is 0 Å². The Bertz CT molecular complexity index is 1010. The van der Waals surface area contributed by atoms with Gasteiger partial charge in [0.2, 0.25) is 0 Å². The first-order valence-electron chi connectivity index (χ1n) is 9.37. The SMILES string of the molecule is Cc1ccc(/C(O)=C2\C(=O)C(=O)N(CC(C)O)C2c2ccc(OC(F)(F)F)cc2)cc1. The number of β-amino-alcohol motifs (C(OH)–C–C–N with tert-alkyl or cyclic N) is 1. The van der Waals surface area contributed by atoms with Gasteiger partial charge < -0.3 is 19.8 Å². The van der Waals surface area contributed by atoms with E-state index >= 15 is 0 Å². The summed E-state index contributed by atoms with van der Waals surface area (Å²) in [6, 6.07) is 10.2. The molecule has 1 aliphatic rings. The van der Waals surface area contributed by atoms with Gasteiger partial charge in [-0.1, -0.05) is 42.0 Å². The average molecular weight is 435 g/mol. The number of aliphatic hydroxyl groups excluding tert-OH is 2. The molecule has 0 radical (unpaired) electrons. The zero-order valence-corrected chi connectivity index (χ0v) is 16.7. The van der Waals surface area contributed by atoms with Gasteiger partial charge in [0.1, 0.15) is 11.5 Å². The Balaban J connectivity index is 2.10. The predicted molar refractivity (Wildman–Crippen MR) is 105 cm³/mol. The number of Topliss-reactive ketones (excluding diaryl/α,β-unsaturated/α-hetero) is 1. The summed E-state index contributed by atoms with van der Waals surface area (Å²) in [5.41, 5.74) is 1.30. The molecule has 1 amide bonds. The monoisotopic (exact) mass is 435 g/mol. The number of aryl methyl sites for hydroxylation is 1. The molecule has 31 heavy (non-hydrogen) atoms. The first kappa shape index (κ1) is 22.4. The summed E-state index contributed by atoms with van der Waals surface area (Å²) in [5.74, 6) is -2.75. The Kier molecular flexibility index (Phi) is 6.08. The van der Waals surface area contributed by atoms with E-state index in [-0.39, 0.29) is 17.7 Å². The van der Waals surface area contributed by atoms with Crippen molar-refractivity contribution in [2.75, 3.05) is 6.54 Å². The number of amides is 1. The van der Waals surface area contributed by atoms with Crippen LogP contribution in [0.25, 0.3) is 5.76 Å². The highest BCUT2D eigenvalue weighted by Gasteiger charge is 2.46. The Morgan fingerprint density at radius 3 is 2.19 bits per heavy atom. The summed E-state index contributed by atoms with van der Waals surface area (Å²) in [6.07, 6.45) is -5.85. The van der Waals surface area contributed by atoms with Crippen LogP contribution in [0.1, 0.15) is 29.7 Å². The lowest BCUT2D eigenvalue weighted by atomic mass is 9.95. The molecule has 1 aliphatic heterocycles. The fourth-order valence-electron chi connectivity index (χ4n) is 3.42. The molecule has 0 saturated carbocycles. The first-order valence-corrected chi connectivity index (χ1v) is 9.37. The molecular weight excluding hydrogens is 415 g/mol. The summed E-state index contributed by atoms with van der Waals surface area (Å²) in [6.45, 7) is 3.06. The van der Waals surface area contributed by atoms with Gasteiger partial charge in [-0.25, -0.2) is 0 Å². The van der Waals surface area contributed by atoms with Crippen LogP contribution in [0, 0.1) is 6.92 Å². The van der Waals surface area contributed by atoms with Gasteiger partial charge in [-0.15, -0.1) is 13.2 Å². The molecule has 0 spiro atoms. The number of aliphatic hydroxyl groups is 2. The van der Waals surface area contributed by atoms with Crippen molar-refractivity contribution in [3.63, 3.8) is 0 Å². The molecule has 1 fully saturated rings. The third-order valence-electron chi connectivity index (χ3n) is 4.76. The molecular formula is C22H20F3NO5. The quantitative estimate of drug-likeness (QED) is 0.425. The van der Waals surface area contributed by atoms with Gasteiger partial charge in [-0.05, 0) is 31.5 Å². The van der Waals surface area contributed by atoms with Gasteiger partial charge in [0.05, 0.1) is 17.7 Å². The number of halogens is 3. The highest BCUT2D eigenvalue weighted by atomic mass is 19.4. The number of benzene rings is 2. The summed E-state index contributed by atoms with van der Waals surface area (Å²) in [7, 11) is 0. The van der Waals surface area contributed by atoms with Crippen LogP contribution >= 0.6 is 0 Å². The minimum atomic E-state index is -4.87. The van der Waals surface area contributed by atoms with Gasteiger partial charge >= 0.3 is 6.36 Å². The number of likely N-dealkylation sites (tertiary alicyclic amines) is 1. The molecule has 2 aromatic carbocycles. The summed E-state index contributed by atoms with van der Waals surface area (Å²) >= 11 is 0. The molecule has 164 valence electrons. The molecule has 3 rings (SSSR count). The molecule has 9 heteroatoms. The van der Waals surface area contributed by atoms with Crippen LogP contribution in [0.15, 0.2) is 54.1 Å². The van der Waals surface area contributed by atoms with Crippen LogP contribution in [0.4, 0.5) is 13.2 Å². The van der Waals surface area contributed by atoms with Crippen molar-refractivity contribution in [2.45, 2.75) is 32.4 Å². The molecule has 1 saturated heterocycles. The normalized spacial score (nSPS) is 19.5. The van der Waals surface area contributed by atoms with Crippen LogP contribution < -0.4 is 4.74 Å². The number of nitrogens with zero attached hydrogens (tertiary/aromatic N) is 1. The number of ether oxygens (including phenoxy) is 1. The van der Waals surface area contributed by atoms with Crippen molar-refractivity contribution < 1.29 is 37.7 Å². The number of carbonyl (C=O) groups is 2. The molecule has 2 atom stereocenters. The molecule has 2 unspecified atom stereocenters. The van der Waals surface area contributed by atoms with E-state index in [2.05, 4.69) is 4.74 Å². The van der Waals surface area contributed by atoms with E-state index in [9.17, 15) is 33.0 Å². The maximum atomic E-state index is 12.8. The third-order valence-corrected chi connectivity index (χ3v) is 4.76. The Hall–Kier alpha value is -3.33. The molecule has 2 aromatic rings. The van der Waals surface area contributed by atoms with Crippen molar-refractivity contribution in [1.82, 2.24) is 4.90 Å². The van der Waals surface area contributed by atoms with Gasteiger partial charge in [0.25, 0.3) is 11.7 Å². The van der Waals surface area contributed by atoms with Crippen LogP contribution in [0.2, 0.25) is 0 Å². The molecule has 0 aliphatic carbocycles. The first-order chi connectivity index (χ1) is 14.5. The lowest BCUT2D eigenvalue weighted by Crippen LogP contribution is -2.35. The Morgan fingerprint density at radius 2 is 1.68 bits per heavy atom. The second-order valence-corrected chi connectivity index (χ2v) is 7.28. The zero-order chi connectivity index (χ0) is 22.9. The molecule has 1 heterocycles. The number of alkyl halides is 3. The van der Waals surface area contributed by atoms with Crippen LogP contribution in [-0.4, -0.2) is 45.8 Å². The minimum absolute atomic E-state index is 0.208. The lowest BCUT2D eigenvalue weighted by molar-refractivity contribution is -0.274. The third kappa shape index (κ3) is 4.88. The van der Waals surface area contributed by atoms with E-state index < -0.39 is 41.7 Å². The van der Waals surface area contributed by atoms with E-state index in [1.54, 1.807) is 24.3 Å². The molecule has 2 N–H and O–H groups in total. The maximum absolute atomic E-state index is 12.8. The zero-order valence-electron chi connectivity index (χ0n) is 16.7. The summed E-state index contributed by atoms with van der Waals surface area (Å²) in [5, 5.41) is 20.6. The second kappa shape index (κ2) is 8.43. The van der Waals surface area contributed by atoms with E-state index in [1.807, 2.05) is 6.92 Å². The second-order valence-electron chi connectivity index (χ2n) is 7.28.